The second kappa shape index (κ2) is 7.90. The Bertz CT molecular complexity index is 419. The molecule has 0 fully saturated rings. The molecule has 1 aromatic carbocycles. The van der Waals surface area contributed by atoms with Crippen LogP contribution in [0.5, 0.6) is 5.75 Å². The number of nitrogens with one attached hydrogen (secondary N) is 1. The van der Waals surface area contributed by atoms with E-state index in [2.05, 4.69) is 5.32 Å². The van der Waals surface area contributed by atoms with E-state index < -0.39 is 0 Å². The van der Waals surface area contributed by atoms with Crippen LogP contribution >= 0.6 is 0 Å². The van der Waals surface area contributed by atoms with Crippen molar-refractivity contribution in [1.29, 1.82) is 0 Å². The second-order valence-electron chi connectivity index (χ2n) is 5.13. The lowest BCUT2D eigenvalue weighted by Crippen LogP contribution is -2.40. The van der Waals surface area contributed by atoms with E-state index in [9.17, 15) is 9.90 Å². The van der Waals surface area contributed by atoms with E-state index in [1.165, 1.54) is 0 Å². The topological polar surface area (TPSA) is 58.6 Å². The van der Waals surface area contributed by atoms with E-state index in [1.54, 1.807) is 7.11 Å². The number of amides is 1. The molecule has 0 aliphatic rings. The van der Waals surface area contributed by atoms with Gasteiger partial charge in [-0.15, -0.1) is 0 Å². The summed E-state index contributed by atoms with van der Waals surface area (Å²) >= 11 is 0. The molecule has 4 heteroatoms. The third-order valence-electron chi connectivity index (χ3n) is 4.04. The van der Waals surface area contributed by atoms with Crippen molar-refractivity contribution in [2.24, 2.45) is 5.41 Å². The molecule has 0 aliphatic carbocycles. The number of rotatable bonds is 8. The molecule has 0 atom stereocenters. The van der Waals surface area contributed by atoms with Crippen LogP contribution in [-0.4, -0.2) is 31.3 Å². The van der Waals surface area contributed by atoms with Crippen LogP contribution in [-0.2, 0) is 11.2 Å². The highest BCUT2D eigenvalue weighted by Gasteiger charge is 2.25. The van der Waals surface area contributed by atoms with Gasteiger partial charge in [0.2, 0.25) is 5.91 Å². The minimum absolute atomic E-state index is 0.0470. The van der Waals surface area contributed by atoms with Crippen molar-refractivity contribution in [3.8, 4) is 5.75 Å². The zero-order chi connectivity index (χ0) is 15.0. The number of aliphatic hydroxyl groups is 1. The molecule has 0 unspecified atom stereocenters. The lowest BCUT2D eigenvalue weighted by Gasteiger charge is -2.29. The molecular weight excluding hydrogens is 254 g/mol. The largest absolute Gasteiger partial charge is 0.496 e. The van der Waals surface area contributed by atoms with Crippen molar-refractivity contribution in [3.63, 3.8) is 0 Å². The molecule has 0 saturated carbocycles. The zero-order valence-corrected chi connectivity index (χ0v) is 12.6. The summed E-state index contributed by atoms with van der Waals surface area (Å²) in [5.74, 6) is 0.677. The third-order valence-corrected chi connectivity index (χ3v) is 4.04. The number of ether oxygens (including phenoxy) is 1. The number of hydrogen-bond acceptors (Lipinski definition) is 3. The maximum Gasteiger partial charge on any atom is 0.224 e. The Morgan fingerprint density at radius 2 is 1.95 bits per heavy atom. The third kappa shape index (κ3) is 4.23. The summed E-state index contributed by atoms with van der Waals surface area (Å²) in [4.78, 5) is 12.0. The monoisotopic (exact) mass is 279 g/mol. The molecule has 0 aromatic heterocycles. The first-order chi connectivity index (χ1) is 9.60. The summed E-state index contributed by atoms with van der Waals surface area (Å²) in [7, 11) is 1.60. The number of para-hydroxylation sites is 1. The van der Waals surface area contributed by atoms with Crippen molar-refractivity contribution in [1.82, 2.24) is 5.32 Å². The van der Waals surface area contributed by atoms with Gasteiger partial charge in [0.05, 0.1) is 20.1 Å². The smallest absolute Gasteiger partial charge is 0.224 e. The minimum Gasteiger partial charge on any atom is -0.496 e. The van der Waals surface area contributed by atoms with Gasteiger partial charge in [-0.3, -0.25) is 4.79 Å². The first kappa shape index (κ1) is 16.5. The van der Waals surface area contributed by atoms with E-state index in [-0.39, 0.29) is 17.9 Å². The Labute approximate surface area is 121 Å². The normalized spacial score (nSPS) is 11.2. The number of methoxy groups -OCH3 is 1. The number of carbonyl (C=O) groups is 1. The van der Waals surface area contributed by atoms with Crippen molar-refractivity contribution in [2.45, 2.75) is 33.1 Å². The maximum atomic E-state index is 12.0. The second-order valence-corrected chi connectivity index (χ2v) is 5.13. The van der Waals surface area contributed by atoms with Crippen molar-refractivity contribution in [2.75, 3.05) is 20.3 Å². The summed E-state index contributed by atoms with van der Waals surface area (Å²) < 4.78 is 5.24. The van der Waals surface area contributed by atoms with Gasteiger partial charge in [0.1, 0.15) is 5.75 Å². The minimum atomic E-state index is -0.212. The van der Waals surface area contributed by atoms with Gasteiger partial charge in [-0.2, -0.15) is 0 Å². The molecule has 0 spiro atoms. The molecule has 4 nitrogen and oxygen atoms in total. The molecule has 0 bridgehead atoms. The Hall–Kier alpha value is -1.55. The lowest BCUT2D eigenvalue weighted by atomic mass is 9.83. The molecule has 0 aliphatic heterocycles. The average molecular weight is 279 g/mol. The van der Waals surface area contributed by atoms with E-state index >= 15 is 0 Å². The quantitative estimate of drug-likeness (QED) is 0.766. The van der Waals surface area contributed by atoms with E-state index in [4.69, 9.17) is 4.74 Å². The Balaban J connectivity index is 2.60. The van der Waals surface area contributed by atoms with Gasteiger partial charge in [0.25, 0.3) is 0 Å². The van der Waals surface area contributed by atoms with Gasteiger partial charge in [-0.05, 0) is 18.9 Å². The van der Waals surface area contributed by atoms with Crippen LogP contribution in [0.15, 0.2) is 24.3 Å². The number of carbonyl (C=O) groups excluding carboxylic acids is 1. The summed E-state index contributed by atoms with van der Waals surface area (Å²) in [6, 6.07) is 7.50. The number of benzene rings is 1. The highest BCUT2D eigenvalue weighted by molar-refractivity contribution is 5.79. The molecule has 0 radical (unpaired) electrons. The van der Waals surface area contributed by atoms with Crippen LogP contribution in [0.1, 0.15) is 32.3 Å². The number of aliphatic hydroxyl groups excluding tert-OH is 1. The average Bonchev–Trinajstić information content (AvgIpc) is 2.50. The van der Waals surface area contributed by atoms with Gasteiger partial charge in [-0.25, -0.2) is 0 Å². The molecule has 0 saturated heterocycles. The first-order valence-electron chi connectivity index (χ1n) is 7.10. The molecule has 1 amide bonds. The van der Waals surface area contributed by atoms with E-state index in [0.29, 0.717) is 13.0 Å². The van der Waals surface area contributed by atoms with Crippen LogP contribution in [0.25, 0.3) is 0 Å². The summed E-state index contributed by atoms with van der Waals surface area (Å²) in [5, 5.41) is 12.4. The standard InChI is InChI=1S/C16H25NO3/c1-4-16(5-2,12-18)11-17-15(19)10-13-8-6-7-9-14(13)20-3/h6-9,18H,4-5,10-12H2,1-3H3,(H,17,19). The fourth-order valence-electron chi connectivity index (χ4n) is 2.15. The predicted octanol–water partition coefficient (Wildman–Crippen LogP) is 2.15. The van der Waals surface area contributed by atoms with Gasteiger partial charge in [-0.1, -0.05) is 32.0 Å². The van der Waals surface area contributed by atoms with E-state index in [1.807, 2.05) is 38.1 Å². The molecule has 0 heterocycles. The van der Waals surface area contributed by atoms with Crippen molar-refractivity contribution < 1.29 is 14.6 Å². The summed E-state index contributed by atoms with van der Waals surface area (Å²) in [5.41, 5.74) is 0.659. The summed E-state index contributed by atoms with van der Waals surface area (Å²) in [6.07, 6.45) is 1.98. The van der Waals surface area contributed by atoms with Crippen LogP contribution in [0.2, 0.25) is 0 Å². The molecular formula is C16H25NO3. The van der Waals surface area contributed by atoms with Crippen LogP contribution < -0.4 is 10.1 Å². The van der Waals surface area contributed by atoms with Gasteiger partial charge >= 0.3 is 0 Å². The summed E-state index contributed by atoms with van der Waals surface area (Å²) in [6.45, 7) is 4.66. The molecule has 1 rings (SSSR count). The molecule has 2 N–H and O–H groups in total. The van der Waals surface area contributed by atoms with Gasteiger partial charge < -0.3 is 15.2 Å². The Morgan fingerprint density at radius 1 is 1.30 bits per heavy atom. The maximum absolute atomic E-state index is 12.0. The highest BCUT2D eigenvalue weighted by Crippen LogP contribution is 2.24. The van der Waals surface area contributed by atoms with Gasteiger partial charge in [0, 0.05) is 17.5 Å². The Kier molecular flexibility index (Phi) is 6.52. The fraction of sp³-hybridized carbons (Fsp3) is 0.562. The first-order valence-corrected chi connectivity index (χ1v) is 7.10. The van der Waals surface area contributed by atoms with Crippen molar-refractivity contribution in [3.05, 3.63) is 29.8 Å². The van der Waals surface area contributed by atoms with Crippen molar-refractivity contribution >= 4 is 5.91 Å². The van der Waals surface area contributed by atoms with Crippen LogP contribution in [0.3, 0.4) is 0 Å². The molecule has 112 valence electrons. The fourth-order valence-corrected chi connectivity index (χ4v) is 2.15. The lowest BCUT2D eigenvalue weighted by molar-refractivity contribution is -0.121. The van der Waals surface area contributed by atoms with Gasteiger partial charge in [0.15, 0.2) is 0 Å². The van der Waals surface area contributed by atoms with Crippen LogP contribution in [0.4, 0.5) is 0 Å². The molecule has 1 aromatic rings. The molecule has 20 heavy (non-hydrogen) atoms. The number of hydrogen-bond donors (Lipinski definition) is 2. The predicted molar refractivity (Wildman–Crippen MR) is 79.8 cm³/mol. The Morgan fingerprint density at radius 3 is 2.50 bits per heavy atom. The highest BCUT2D eigenvalue weighted by atomic mass is 16.5. The van der Waals surface area contributed by atoms with Crippen LogP contribution in [0, 0.1) is 5.41 Å². The van der Waals surface area contributed by atoms with E-state index in [0.717, 1.165) is 24.2 Å². The SMILES string of the molecule is CCC(CC)(CO)CNC(=O)Cc1ccccc1OC. The zero-order valence-electron chi connectivity index (χ0n) is 12.6.